The zero-order valence-electron chi connectivity index (χ0n) is 15.7. The molecule has 0 aliphatic heterocycles. The van der Waals surface area contributed by atoms with Gasteiger partial charge in [-0.25, -0.2) is 4.98 Å². The van der Waals surface area contributed by atoms with Crippen LogP contribution in [0.1, 0.15) is 27.0 Å². The van der Waals surface area contributed by atoms with Crippen LogP contribution in [-0.4, -0.2) is 10.9 Å². The van der Waals surface area contributed by atoms with Crippen LogP contribution >= 0.6 is 23.1 Å². The van der Waals surface area contributed by atoms with Crippen molar-refractivity contribution in [1.29, 1.82) is 5.26 Å². The van der Waals surface area contributed by atoms with Crippen LogP contribution < -0.4 is 5.32 Å². The number of carbonyl (C=O) groups is 1. The fourth-order valence-corrected chi connectivity index (χ4v) is 5.08. The van der Waals surface area contributed by atoms with Crippen LogP contribution in [-0.2, 0) is 5.75 Å². The Labute approximate surface area is 177 Å². The maximum Gasteiger partial charge on any atom is 0.255 e. The molecule has 1 aromatic heterocycles. The second-order valence-electron chi connectivity index (χ2n) is 6.49. The molecular formula is C23H17N3OS2. The number of rotatable bonds is 5. The van der Waals surface area contributed by atoms with E-state index in [2.05, 4.69) is 16.4 Å². The standard InChI is InChI=1S/C23H17N3OS2/c1-15-6-2-5-9-19(15)22(27)25-18-10-11-20-21(12-18)29-23(26-20)28-14-17-8-4-3-7-16(17)13-24/h2-12H,14H2,1H3,(H,25,27). The molecule has 1 amide bonds. The summed E-state index contributed by atoms with van der Waals surface area (Å²) in [6.07, 6.45) is 0. The lowest BCUT2D eigenvalue weighted by molar-refractivity contribution is 0.102. The molecular weight excluding hydrogens is 398 g/mol. The summed E-state index contributed by atoms with van der Waals surface area (Å²) in [5, 5.41) is 12.2. The molecule has 4 nitrogen and oxygen atoms in total. The number of thioether (sulfide) groups is 1. The van der Waals surface area contributed by atoms with Crippen LogP contribution in [0.15, 0.2) is 71.1 Å². The van der Waals surface area contributed by atoms with E-state index in [1.807, 2.05) is 73.7 Å². The molecule has 4 aromatic rings. The van der Waals surface area contributed by atoms with Crippen LogP contribution in [0.4, 0.5) is 5.69 Å². The highest BCUT2D eigenvalue weighted by molar-refractivity contribution is 8.00. The van der Waals surface area contributed by atoms with Gasteiger partial charge in [-0.3, -0.25) is 4.79 Å². The Morgan fingerprint density at radius 1 is 1.14 bits per heavy atom. The van der Waals surface area contributed by atoms with Crippen LogP contribution in [0.2, 0.25) is 0 Å². The van der Waals surface area contributed by atoms with Crippen molar-refractivity contribution < 1.29 is 4.79 Å². The first-order chi connectivity index (χ1) is 14.1. The van der Waals surface area contributed by atoms with Gasteiger partial charge in [-0.1, -0.05) is 48.2 Å². The van der Waals surface area contributed by atoms with E-state index in [4.69, 9.17) is 0 Å². The van der Waals surface area contributed by atoms with Gasteiger partial charge in [0.25, 0.3) is 5.91 Å². The van der Waals surface area contributed by atoms with Gasteiger partial charge in [-0.05, 0) is 48.4 Å². The van der Waals surface area contributed by atoms with Crippen LogP contribution in [0.25, 0.3) is 10.2 Å². The molecule has 3 aromatic carbocycles. The molecule has 0 saturated heterocycles. The van der Waals surface area contributed by atoms with Gasteiger partial charge in [0.1, 0.15) is 0 Å². The Bertz CT molecular complexity index is 1240. The lowest BCUT2D eigenvalue weighted by atomic mass is 10.1. The molecule has 1 N–H and O–H groups in total. The molecule has 0 aliphatic rings. The van der Waals surface area contributed by atoms with Gasteiger partial charge in [0.2, 0.25) is 0 Å². The molecule has 0 aliphatic carbocycles. The first-order valence-corrected chi connectivity index (χ1v) is 10.8. The monoisotopic (exact) mass is 415 g/mol. The second-order valence-corrected chi connectivity index (χ2v) is 8.74. The summed E-state index contributed by atoms with van der Waals surface area (Å²) in [5.74, 6) is 0.579. The second kappa shape index (κ2) is 8.48. The molecule has 0 fully saturated rings. The van der Waals surface area contributed by atoms with Gasteiger partial charge in [-0.15, -0.1) is 11.3 Å². The summed E-state index contributed by atoms with van der Waals surface area (Å²) < 4.78 is 1.96. The number of hydrogen-bond acceptors (Lipinski definition) is 5. The van der Waals surface area contributed by atoms with E-state index in [0.717, 1.165) is 31.4 Å². The topological polar surface area (TPSA) is 65.8 Å². The number of nitriles is 1. The number of aryl methyl sites for hydroxylation is 1. The third kappa shape index (κ3) is 4.32. The third-order valence-electron chi connectivity index (χ3n) is 4.51. The van der Waals surface area contributed by atoms with Crippen LogP contribution in [0, 0.1) is 18.3 Å². The Morgan fingerprint density at radius 3 is 2.76 bits per heavy atom. The molecule has 29 heavy (non-hydrogen) atoms. The summed E-state index contributed by atoms with van der Waals surface area (Å²) in [6.45, 7) is 1.93. The van der Waals surface area contributed by atoms with Crippen molar-refractivity contribution in [3.8, 4) is 6.07 Å². The number of fused-ring (bicyclic) bond motifs is 1. The third-order valence-corrected chi connectivity index (χ3v) is 6.72. The highest BCUT2D eigenvalue weighted by Gasteiger charge is 2.11. The number of aromatic nitrogens is 1. The van der Waals surface area contributed by atoms with Crippen molar-refractivity contribution in [2.45, 2.75) is 17.0 Å². The minimum atomic E-state index is -0.116. The number of thiazole rings is 1. The van der Waals surface area contributed by atoms with Gasteiger partial charge in [-0.2, -0.15) is 5.26 Å². The molecule has 6 heteroatoms. The first kappa shape index (κ1) is 19.2. The molecule has 1 heterocycles. The summed E-state index contributed by atoms with van der Waals surface area (Å²) >= 11 is 3.20. The molecule has 142 valence electrons. The van der Waals surface area contributed by atoms with Gasteiger partial charge < -0.3 is 5.32 Å². The normalized spacial score (nSPS) is 10.6. The molecule has 0 radical (unpaired) electrons. The van der Waals surface area contributed by atoms with Gasteiger partial charge in [0, 0.05) is 17.0 Å². The number of carbonyl (C=O) groups excluding carboxylic acids is 1. The van der Waals surface area contributed by atoms with Gasteiger partial charge in [0.05, 0.1) is 21.8 Å². The predicted octanol–water partition coefficient (Wildman–Crippen LogP) is 6.02. The lowest BCUT2D eigenvalue weighted by Crippen LogP contribution is -2.13. The van der Waals surface area contributed by atoms with E-state index >= 15 is 0 Å². The van der Waals surface area contributed by atoms with E-state index in [9.17, 15) is 10.1 Å². The predicted molar refractivity (Wildman–Crippen MR) is 119 cm³/mol. The van der Waals surface area contributed by atoms with Crippen molar-refractivity contribution in [2.24, 2.45) is 0 Å². The quantitative estimate of drug-likeness (QED) is 0.405. The highest BCUT2D eigenvalue weighted by atomic mass is 32.2. The molecule has 0 unspecified atom stereocenters. The van der Waals surface area contributed by atoms with Crippen molar-refractivity contribution in [1.82, 2.24) is 4.98 Å². The maximum atomic E-state index is 12.5. The number of nitrogens with zero attached hydrogens (tertiary/aromatic N) is 2. The minimum Gasteiger partial charge on any atom is -0.322 e. The van der Waals surface area contributed by atoms with Gasteiger partial charge in [0.15, 0.2) is 4.34 Å². The average molecular weight is 416 g/mol. The van der Waals surface area contributed by atoms with Crippen molar-refractivity contribution >= 4 is 44.9 Å². The molecule has 0 saturated carbocycles. The Kier molecular flexibility index (Phi) is 5.61. The van der Waals surface area contributed by atoms with E-state index in [-0.39, 0.29) is 5.91 Å². The molecule has 0 bridgehead atoms. The van der Waals surface area contributed by atoms with E-state index in [1.165, 1.54) is 0 Å². The molecule has 4 rings (SSSR count). The van der Waals surface area contributed by atoms with E-state index in [1.54, 1.807) is 23.1 Å². The Morgan fingerprint density at radius 2 is 1.93 bits per heavy atom. The number of benzene rings is 3. The Hall–Kier alpha value is -3.14. The number of anilines is 1. The van der Waals surface area contributed by atoms with Crippen molar-refractivity contribution in [2.75, 3.05) is 5.32 Å². The molecule has 0 atom stereocenters. The van der Waals surface area contributed by atoms with Crippen LogP contribution in [0.5, 0.6) is 0 Å². The Balaban J connectivity index is 1.50. The van der Waals surface area contributed by atoms with Crippen molar-refractivity contribution in [3.63, 3.8) is 0 Å². The first-order valence-electron chi connectivity index (χ1n) is 9.02. The molecule has 0 spiro atoms. The van der Waals surface area contributed by atoms with E-state index < -0.39 is 0 Å². The summed E-state index contributed by atoms with van der Waals surface area (Å²) in [6, 6.07) is 23.1. The highest BCUT2D eigenvalue weighted by Crippen LogP contribution is 2.33. The number of hydrogen-bond donors (Lipinski definition) is 1. The average Bonchev–Trinajstić information content (AvgIpc) is 3.15. The zero-order valence-corrected chi connectivity index (χ0v) is 17.3. The SMILES string of the molecule is Cc1ccccc1C(=O)Nc1ccc2nc(SCc3ccccc3C#N)sc2c1. The fraction of sp³-hybridized carbons (Fsp3) is 0.0870. The minimum absolute atomic E-state index is 0.116. The maximum absolute atomic E-state index is 12.5. The number of amides is 1. The zero-order chi connectivity index (χ0) is 20.2. The van der Waals surface area contributed by atoms with Gasteiger partial charge >= 0.3 is 0 Å². The van der Waals surface area contributed by atoms with Crippen LogP contribution in [0.3, 0.4) is 0 Å². The summed E-state index contributed by atoms with van der Waals surface area (Å²) in [4.78, 5) is 17.2. The lowest BCUT2D eigenvalue weighted by Gasteiger charge is -2.07. The fourth-order valence-electron chi connectivity index (χ4n) is 2.96. The smallest absolute Gasteiger partial charge is 0.255 e. The van der Waals surface area contributed by atoms with E-state index in [0.29, 0.717) is 16.9 Å². The number of nitrogens with one attached hydrogen (secondary N) is 1. The largest absolute Gasteiger partial charge is 0.322 e. The van der Waals surface area contributed by atoms with Crippen molar-refractivity contribution in [3.05, 3.63) is 89.0 Å². The summed E-state index contributed by atoms with van der Waals surface area (Å²) in [5.41, 5.74) is 4.97. The summed E-state index contributed by atoms with van der Waals surface area (Å²) in [7, 11) is 0.